The van der Waals surface area contributed by atoms with Crippen LogP contribution in [0.3, 0.4) is 0 Å². The summed E-state index contributed by atoms with van der Waals surface area (Å²) >= 11 is 0. The highest BCUT2D eigenvalue weighted by atomic mass is 16.5. The summed E-state index contributed by atoms with van der Waals surface area (Å²) in [6.07, 6.45) is 3.47. The number of benzene rings is 2. The van der Waals surface area contributed by atoms with E-state index in [9.17, 15) is 14.9 Å². The summed E-state index contributed by atoms with van der Waals surface area (Å²) in [5.41, 5.74) is 1.86. The molecule has 2 heterocycles. The van der Waals surface area contributed by atoms with Gasteiger partial charge >= 0.3 is 0 Å². The number of methoxy groups -OCH3 is 1. The molecule has 8 nitrogen and oxygen atoms in total. The summed E-state index contributed by atoms with van der Waals surface area (Å²) in [4.78, 5) is 25.4. The van der Waals surface area contributed by atoms with Crippen LogP contribution in [0.4, 0.5) is 11.4 Å². The molecule has 0 unspecified atom stereocenters. The molecule has 0 atom stereocenters. The second-order valence-electron chi connectivity index (χ2n) is 7.13. The van der Waals surface area contributed by atoms with Gasteiger partial charge in [0.05, 0.1) is 7.11 Å². The molecule has 0 radical (unpaired) electrons. The minimum atomic E-state index is -0.471. The monoisotopic (exact) mass is 440 g/mol. The predicted molar refractivity (Wildman–Crippen MR) is 123 cm³/mol. The van der Waals surface area contributed by atoms with E-state index in [2.05, 4.69) is 16.7 Å². The molecule has 0 aliphatic rings. The number of carbonyl (C=O) groups is 2. The van der Waals surface area contributed by atoms with Gasteiger partial charge in [0.15, 0.2) is 0 Å². The number of hydrogen-bond donors (Lipinski definition) is 2. The Morgan fingerprint density at radius 3 is 2.09 bits per heavy atom. The van der Waals surface area contributed by atoms with E-state index in [4.69, 9.17) is 9.15 Å². The predicted octanol–water partition coefficient (Wildman–Crippen LogP) is 4.76. The van der Waals surface area contributed by atoms with Crippen molar-refractivity contribution < 1.29 is 18.7 Å². The van der Waals surface area contributed by atoms with Gasteiger partial charge in [0.1, 0.15) is 28.7 Å². The third-order valence-corrected chi connectivity index (χ3v) is 5.00. The van der Waals surface area contributed by atoms with Crippen molar-refractivity contribution in [3.8, 4) is 17.7 Å². The summed E-state index contributed by atoms with van der Waals surface area (Å²) in [6.45, 7) is 1.63. The van der Waals surface area contributed by atoms with Gasteiger partial charge in [0.2, 0.25) is 5.88 Å². The number of furan rings is 1. The van der Waals surface area contributed by atoms with Crippen molar-refractivity contribution in [1.29, 1.82) is 5.26 Å². The Morgan fingerprint density at radius 2 is 1.52 bits per heavy atom. The molecule has 4 aromatic rings. The molecule has 2 N–H and O–H groups in total. The zero-order valence-corrected chi connectivity index (χ0v) is 18.0. The van der Waals surface area contributed by atoms with Gasteiger partial charge in [-0.05, 0) is 67.6 Å². The van der Waals surface area contributed by atoms with Crippen LogP contribution in [0.15, 0.2) is 77.5 Å². The molecule has 0 spiro atoms. The lowest BCUT2D eigenvalue weighted by Gasteiger charge is -2.08. The molecular weight excluding hydrogens is 420 g/mol. The number of amides is 2. The van der Waals surface area contributed by atoms with Crippen LogP contribution in [0.2, 0.25) is 0 Å². The summed E-state index contributed by atoms with van der Waals surface area (Å²) in [6, 6.07) is 19.1. The highest BCUT2D eigenvalue weighted by molar-refractivity contribution is 6.08. The fraction of sp³-hybridized carbons (Fsp3) is 0.0800. The van der Waals surface area contributed by atoms with E-state index in [1.165, 1.54) is 0 Å². The van der Waals surface area contributed by atoms with Crippen molar-refractivity contribution in [3.63, 3.8) is 0 Å². The van der Waals surface area contributed by atoms with Crippen LogP contribution >= 0.6 is 0 Å². The first-order chi connectivity index (χ1) is 16.0. The molecule has 2 aromatic carbocycles. The van der Waals surface area contributed by atoms with E-state index in [1.54, 1.807) is 91.7 Å². The first-order valence-electron chi connectivity index (χ1n) is 10.0. The normalized spacial score (nSPS) is 10.3. The number of nitrogens with zero attached hydrogens (tertiary/aromatic N) is 2. The number of aryl methyl sites for hydroxylation is 1. The van der Waals surface area contributed by atoms with Crippen LogP contribution in [-0.4, -0.2) is 23.5 Å². The summed E-state index contributed by atoms with van der Waals surface area (Å²) in [5, 5.41) is 15.2. The van der Waals surface area contributed by atoms with Crippen molar-refractivity contribution in [3.05, 3.63) is 95.5 Å². The van der Waals surface area contributed by atoms with Crippen LogP contribution in [-0.2, 0) is 0 Å². The lowest BCUT2D eigenvalue weighted by atomic mass is 10.1. The molecule has 4 rings (SSSR count). The van der Waals surface area contributed by atoms with Gasteiger partial charge in [-0.2, -0.15) is 5.26 Å². The van der Waals surface area contributed by atoms with Crippen molar-refractivity contribution >= 4 is 23.2 Å². The standard InChI is InChI=1S/C25H20N4O4/c1-16-22(21(15-26)25(33-16)29-13-3-4-14-29)24(31)28-18-7-5-17(6-8-18)23(30)27-19-9-11-20(32-2)12-10-19/h3-14H,1-2H3,(H,27,30)(H,28,31). The second kappa shape index (κ2) is 9.16. The maximum absolute atomic E-state index is 12.9. The van der Waals surface area contributed by atoms with Crippen LogP contribution in [0, 0.1) is 18.3 Å². The summed E-state index contributed by atoms with van der Waals surface area (Å²) in [7, 11) is 1.57. The molecule has 2 aromatic heterocycles. The largest absolute Gasteiger partial charge is 0.497 e. The van der Waals surface area contributed by atoms with E-state index in [0.29, 0.717) is 28.4 Å². The summed E-state index contributed by atoms with van der Waals surface area (Å²) in [5.74, 6) is 0.563. The third kappa shape index (κ3) is 4.48. The topological polar surface area (TPSA) is 109 Å². The number of hydrogen-bond acceptors (Lipinski definition) is 5. The number of ether oxygens (including phenoxy) is 1. The van der Waals surface area contributed by atoms with Crippen molar-refractivity contribution in [2.75, 3.05) is 17.7 Å². The molecular formula is C25H20N4O4. The minimum Gasteiger partial charge on any atom is -0.497 e. The van der Waals surface area contributed by atoms with Gasteiger partial charge in [0.25, 0.3) is 11.8 Å². The first-order valence-corrected chi connectivity index (χ1v) is 10.0. The van der Waals surface area contributed by atoms with E-state index < -0.39 is 5.91 Å². The fourth-order valence-electron chi connectivity index (χ4n) is 3.34. The summed E-state index contributed by atoms with van der Waals surface area (Å²) < 4.78 is 12.4. The van der Waals surface area contributed by atoms with Crippen LogP contribution in [0.5, 0.6) is 5.75 Å². The molecule has 0 fully saturated rings. The third-order valence-electron chi connectivity index (χ3n) is 5.00. The number of aromatic nitrogens is 1. The van der Waals surface area contributed by atoms with Gasteiger partial charge in [-0.1, -0.05) is 0 Å². The molecule has 2 amide bonds. The van der Waals surface area contributed by atoms with Crippen LogP contribution in [0.1, 0.15) is 32.0 Å². The van der Waals surface area contributed by atoms with Gasteiger partial charge in [-0.25, -0.2) is 0 Å². The number of nitrogens with one attached hydrogen (secondary N) is 2. The zero-order valence-electron chi connectivity index (χ0n) is 18.0. The van der Waals surface area contributed by atoms with Gasteiger partial charge < -0.3 is 19.8 Å². The van der Waals surface area contributed by atoms with E-state index >= 15 is 0 Å². The molecule has 164 valence electrons. The fourth-order valence-corrected chi connectivity index (χ4v) is 3.34. The number of anilines is 2. The van der Waals surface area contributed by atoms with Crippen molar-refractivity contribution in [2.24, 2.45) is 0 Å². The SMILES string of the molecule is COc1ccc(NC(=O)c2ccc(NC(=O)c3c(C)oc(-n4cccc4)c3C#N)cc2)cc1. The molecule has 8 heteroatoms. The molecule has 0 saturated carbocycles. The van der Waals surface area contributed by atoms with Crippen LogP contribution in [0.25, 0.3) is 5.88 Å². The smallest absolute Gasteiger partial charge is 0.260 e. The Balaban J connectivity index is 1.47. The van der Waals surface area contributed by atoms with E-state index in [0.717, 1.165) is 0 Å². The highest BCUT2D eigenvalue weighted by Gasteiger charge is 2.24. The number of nitriles is 1. The number of carbonyl (C=O) groups excluding carboxylic acids is 2. The quantitative estimate of drug-likeness (QED) is 0.449. The first kappa shape index (κ1) is 21.5. The Kier molecular flexibility index (Phi) is 5.96. The maximum atomic E-state index is 12.9. The average molecular weight is 440 g/mol. The molecule has 0 bridgehead atoms. The molecule has 0 aliphatic carbocycles. The maximum Gasteiger partial charge on any atom is 0.260 e. The Labute approximate surface area is 190 Å². The van der Waals surface area contributed by atoms with Crippen LogP contribution < -0.4 is 15.4 Å². The average Bonchev–Trinajstić information content (AvgIpc) is 3.47. The van der Waals surface area contributed by atoms with Gasteiger partial charge in [-0.15, -0.1) is 0 Å². The van der Waals surface area contributed by atoms with Crippen molar-refractivity contribution in [2.45, 2.75) is 6.92 Å². The van der Waals surface area contributed by atoms with Crippen molar-refractivity contribution in [1.82, 2.24) is 4.57 Å². The lowest BCUT2D eigenvalue weighted by Crippen LogP contribution is -2.15. The molecule has 0 aliphatic heterocycles. The minimum absolute atomic E-state index is 0.150. The van der Waals surface area contributed by atoms with Gasteiger partial charge in [-0.3, -0.25) is 14.2 Å². The lowest BCUT2D eigenvalue weighted by molar-refractivity contribution is 0.101. The molecule has 0 saturated heterocycles. The second-order valence-corrected chi connectivity index (χ2v) is 7.13. The Bertz CT molecular complexity index is 1330. The molecule has 33 heavy (non-hydrogen) atoms. The Hall–Kier alpha value is -4.77. The van der Waals surface area contributed by atoms with E-state index in [1.807, 2.05) is 0 Å². The Morgan fingerprint density at radius 1 is 0.939 bits per heavy atom. The number of rotatable bonds is 6. The highest BCUT2D eigenvalue weighted by Crippen LogP contribution is 2.26. The zero-order chi connectivity index (χ0) is 23.4. The van der Waals surface area contributed by atoms with Gasteiger partial charge in [0, 0.05) is 29.3 Å². The van der Waals surface area contributed by atoms with E-state index in [-0.39, 0.29) is 22.9 Å².